The van der Waals surface area contributed by atoms with Crippen molar-refractivity contribution in [1.29, 1.82) is 0 Å². The third kappa shape index (κ3) is 4.13. The van der Waals surface area contributed by atoms with Gasteiger partial charge in [0.05, 0.1) is 20.3 Å². The lowest BCUT2D eigenvalue weighted by Gasteiger charge is -2.16. The Kier molecular flexibility index (Phi) is 5.63. The van der Waals surface area contributed by atoms with E-state index in [2.05, 4.69) is 0 Å². The third-order valence-corrected chi connectivity index (χ3v) is 3.00. The molecule has 0 saturated heterocycles. The number of aliphatic carboxylic acids is 1. The van der Waals surface area contributed by atoms with E-state index >= 15 is 0 Å². The average Bonchev–Trinajstić information content (AvgIpc) is 2.37. The van der Waals surface area contributed by atoms with Crippen LogP contribution in [0.2, 0.25) is 0 Å². The standard InChI is InChI=1S/C14H20O5/c1-9-7-12(18-2)13(19-3)8-10(9)11(15)5-4-6-14(16)17/h7-8,11,15H,4-6H2,1-3H3,(H,16,17). The van der Waals surface area contributed by atoms with Gasteiger partial charge in [0.1, 0.15) is 0 Å². The Morgan fingerprint density at radius 2 is 1.84 bits per heavy atom. The normalized spacial score (nSPS) is 12.0. The fourth-order valence-electron chi connectivity index (χ4n) is 1.96. The fraction of sp³-hybridized carbons (Fsp3) is 0.500. The van der Waals surface area contributed by atoms with Crippen LogP contribution in [0.4, 0.5) is 0 Å². The van der Waals surface area contributed by atoms with E-state index in [1.54, 1.807) is 19.2 Å². The van der Waals surface area contributed by atoms with Gasteiger partial charge in [0.15, 0.2) is 11.5 Å². The highest BCUT2D eigenvalue weighted by Crippen LogP contribution is 2.34. The summed E-state index contributed by atoms with van der Waals surface area (Å²) in [6, 6.07) is 3.54. The van der Waals surface area contributed by atoms with Crippen LogP contribution in [0.25, 0.3) is 0 Å². The van der Waals surface area contributed by atoms with Gasteiger partial charge in [-0.1, -0.05) is 0 Å². The molecule has 2 N–H and O–H groups in total. The van der Waals surface area contributed by atoms with Gasteiger partial charge >= 0.3 is 5.97 Å². The van der Waals surface area contributed by atoms with Gasteiger partial charge in [-0.3, -0.25) is 4.79 Å². The maximum Gasteiger partial charge on any atom is 0.303 e. The number of rotatable bonds is 7. The van der Waals surface area contributed by atoms with Crippen LogP contribution in [0, 0.1) is 6.92 Å². The van der Waals surface area contributed by atoms with Crippen LogP contribution in [0.5, 0.6) is 11.5 Å². The molecule has 0 fully saturated rings. The molecule has 1 rings (SSSR count). The minimum absolute atomic E-state index is 0.0589. The number of aliphatic hydroxyl groups excluding tert-OH is 1. The third-order valence-electron chi connectivity index (χ3n) is 3.00. The Labute approximate surface area is 112 Å². The van der Waals surface area contributed by atoms with E-state index < -0.39 is 12.1 Å². The molecule has 0 aliphatic heterocycles. The second-order valence-corrected chi connectivity index (χ2v) is 4.37. The predicted molar refractivity (Wildman–Crippen MR) is 70.7 cm³/mol. The van der Waals surface area contributed by atoms with Gasteiger partial charge in [0.25, 0.3) is 0 Å². The SMILES string of the molecule is COc1cc(C)c(C(O)CCCC(=O)O)cc1OC. The van der Waals surface area contributed by atoms with Gasteiger partial charge in [-0.05, 0) is 43.0 Å². The molecule has 106 valence electrons. The van der Waals surface area contributed by atoms with E-state index in [9.17, 15) is 9.90 Å². The van der Waals surface area contributed by atoms with Gasteiger partial charge in [0.2, 0.25) is 0 Å². The Morgan fingerprint density at radius 1 is 1.26 bits per heavy atom. The van der Waals surface area contributed by atoms with Gasteiger partial charge in [-0.15, -0.1) is 0 Å². The topological polar surface area (TPSA) is 76.0 Å². The van der Waals surface area contributed by atoms with Crippen LogP contribution in [-0.2, 0) is 4.79 Å². The first-order valence-corrected chi connectivity index (χ1v) is 6.12. The van der Waals surface area contributed by atoms with E-state index in [0.29, 0.717) is 24.3 Å². The molecule has 5 nitrogen and oxygen atoms in total. The number of aliphatic hydroxyl groups is 1. The molecule has 1 atom stereocenters. The van der Waals surface area contributed by atoms with Crippen molar-refractivity contribution in [3.63, 3.8) is 0 Å². The van der Waals surface area contributed by atoms with Crippen LogP contribution < -0.4 is 9.47 Å². The first-order chi connectivity index (χ1) is 8.99. The second-order valence-electron chi connectivity index (χ2n) is 4.37. The molecule has 0 bridgehead atoms. The fourth-order valence-corrected chi connectivity index (χ4v) is 1.96. The number of aryl methyl sites for hydroxylation is 1. The largest absolute Gasteiger partial charge is 0.493 e. The highest BCUT2D eigenvalue weighted by atomic mass is 16.5. The molecule has 19 heavy (non-hydrogen) atoms. The Morgan fingerprint density at radius 3 is 2.37 bits per heavy atom. The van der Waals surface area contributed by atoms with E-state index in [0.717, 1.165) is 11.1 Å². The first-order valence-electron chi connectivity index (χ1n) is 6.12. The molecule has 5 heteroatoms. The number of hydrogen-bond acceptors (Lipinski definition) is 4. The highest BCUT2D eigenvalue weighted by molar-refractivity contribution is 5.66. The van der Waals surface area contributed by atoms with Crippen molar-refractivity contribution < 1.29 is 24.5 Å². The molecule has 0 heterocycles. The highest BCUT2D eigenvalue weighted by Gasteiger charge is 2.15. The summed E-state index contributed by atoms with van der Waals surface area (Å²) in [7, 11) is 3.09. The summed E-state index contributed by atoms with van der Waals surface area (Å²) < 4.78 is 10.4. The summed E-state index contributed by atoms with van der Waals surface area (Å²) in [5.41, 5.74) is 1.63. The maximum atomic E-state index is 10.5. The van der Waals surface area contributed by atoms with Crippen LogP contribution in [0.15, 0.2) is 12.1 Å². The lowest BCUT2D eigenvalue weighted by molar-refractivity contribution is -0.137. The van der Waals surface area contributed by atoms with Crippen LogP contribution in [0.3, 0.4) is 0 Å². The molecule has 0 radical (unpaired) electrons. The molecule has 0 aliphatic rings. The van der Waals surface area contributed by atoms with Crippen molar-refractivity contribution in [3.8, 4) is 11.5 Å². The minimum atomic E-state index is -0.851. The van der Waals surface area contributed by atoms with Gasteiger partial charge in [0, 0.05) is 6.42 Å². The second kappa shape index (κ2) is 6.99. The maximum absolute atomic E-state index is 10.5. The quantitative estimate of drug-likeness (QED) is 0.793. The van der Waals surface area contributed by atoms with E-state index in [1.807, 2.05) is 6.92 Å². The number of methoxy groups -OCH3 is 2. The summed E-state index contributed by atoms with van der Waals surface area (Å²) in [6.07, 6.45) is 0.204. The Bertz CT molecular complexity index is 442. The molecule has 0 spiro atoms. The van der Waals surface area contributed by atoms with Gasteiger partial charge in [-0.25, -0.2) is 0 Å². The monoisotopic (exact) mass is 268 g/mol. The van der Waals surface area contributed by atoms with E-state index in [-0.39, 0.29) is 6.42 Å². The van der Waals surface area contributed by atoms with Crippen LogP contribution in [-0.4, -0.2) is 30.4 Å². The lowest BCUT2D eigenvalue weighted by Crippen LogP contribution is -2.04. The van der Waals surface area contributed by atoms with E-state index in [1.165, 1.54) is 7.11 Å². The molecule has 1 aromatic rings. The summed E-state index contributed by atoms with van der Waals surface area (Å²) in [5, 5.41) is 18.7. The zero-order valence-corrected chi connectivity index (χ0v) is 11.5. The zero-order chi connectivity index (χ0) is 14.4. The number of ether oxygens (including phenoxy) is 2. The van der Waals surface area contributed by atoms with Crippen molar-refractivity contribution in [3.05, 3.63) is 23.3 Å². The van der Waals surface area contributed by atoms with Crippen molar-refractivity contribution in [2.75, 3.05) is 14.2 Å². The first kappa shape index (κ1) is 15.3. The van der Waals surface area contributed by atoms with Crippen LogP contribution >= 0.6 is 0 Å². The van der Waals surface area contributed by atoms with Crippen molar-refractivity contribution in [1.82, 2.24) is 0 Å². The molecule has 0 amide bonds. The van der Waals surface area contributed by atoms with E-state index in [4.69, 9.17) is 14.6 Å². The number of benzene rings is 1. The molecule has 1 aromatic carbocycles. The minimum Gasteiger partial charge on any atom is -0.493 e. The summed E-state index contributed by atoms with van der Waals surface area (Å²) in [4.78, 5) is 10.5. The van der Waals surface area contributed by atoms with Crippen molar-refractivity contribution in [2.45, 2.75) is 32.3 Å². The number of hydrogen-bond donors (Lipinski definition) is 2. The van der Waals surface area contributed by atoms with Crippen molar-refractivity contribution >= 4 is 5.97 Å². The molecule has 0 aromatic heterocycles. The van der Waals surface area contributed by atoms with Gasteiger partial charge < -0.3 is 19.7 Å². The van der Waals surface area contributed by atoms with Crippen LogP contribution in [0.1, 0.15) is 36.5 Å². The predicted octanol–water partition coefficient (Wildman–Crippen LogP) is 2.30. The molecule has 0 saturated carbocycles. The number of carbonyl (C=O) groups is 1. The summed E-state index contributed by atoms with van der Waals surface area (Å²) in [5.74, 6) is 0.318. The molecular formula is C14H20O5. The van der Waals surface area contributed by atoms with Crippen molar-refractivity contribution in [2.24, 2.45) is 0 Å². The molecule has 0 aliphatic carbocycles. The molecule has 1 unspecified atom stereocenters. The Hall–Kier alpha value is -1.75. The smallest absolute Gasteiger partial charge is 0.303 e. The summed E-state index contributed by atoms with van der Waals surface area (Å²) >= 11 is 0. The number of carboxylic acids is 1. The zero-order valence-electron chi connectivity index (χ0n) is 11.5. The molecular weight excluding hydrogens is 248 g/mol. The lowest BCUT2D eigenvalue weighted by atomic mass is 9.98. The number of carboxylic acid groups (broad SMARTS) is 1. The van der Waals surface area contributed by atoms with Gasteiger partial charge in [-0.2, -0.15) is 0 Å². The summed E-state index contributed by atoms with van der Waals surface area (Å²) in [6.45, 7) is 1.87. The average molecular weight is 268 g/mol. The Balaban J connectivity index is 2.84.